The van der Waals surface area contributed by atoms with Crippen molar-refractivity contribution >= 4 is 11.9 Å². The second-order valence-corrected chi connectivity index (χ2v) is 4.72. The molecule has 0 saturated heterocycles. The van der Waals surface area contributed by atoms with Crippen LogP contribution in [0, 0.1) is 0 Å². The van der Waals surface area contributed by atoms with E-state index >= 15 is 0 Å². The highest BCUT2D eigenvalue weighted by Crippen LogP contribution is 2.19. The number of carbonyl (C=O) groups excluding carboxylic acids is 2. The zero-order valence-electron chi connectivity index (χ0n) is 12.8. The zero-order chi connectivity index (χ0) is 16.0. The van der Waals surface area contributed by atoms with Crippen molar-refractivity contribution < 1.29 is 24.2 Å². The number of nitrogens with zero attached hydrogens (tertiary/aromatic N) is 3. The van der Waals surface area contributed by atoms with E-state index in [9.17, 15) is 14.7 Å². The standard InChI is InChI=1S/C13H21N3O5/c1-5-13(19,6-2)8-16-9(7-10(17)20-3)11(14-15-16)12(18)21-4/h19H,5-8H2,1-4H3. The van der Waals surface area contributed by atoms with E-state index in [2.05, 4.69) is 19.8 Å². The smallest absolute Gasteiger partial charge is 0.360 e. The van der Waals surface area contributed by atoms with Crippen LogP contribution in [-0.2, 0) is 27.2 Å². The largest absolute Gasteiger partial charge is 0.469 e. The van der Waals surface area contributed by atoms with Crippen LogP contribution in [0.15, 0.2) is 0 Å². The number of aliphatic hydroxyl groups is 1. The fourth-order valence-corrected chi connectivity index (χ4v) is 1.85. The quantitative estimate of drug-likeness (QED) is 0.723. The first-order valence-electron chi connectivity index (χ1n) is 6.70. The number of hydrogen-bond donors (Lipinski definition) is 1. The second kappa shape index (κ2) is 7.16. The number of hydrogen-bond acceptors (Lipinski definition) is 7. The molecule has 0 saturated carbocycles. The minimum atomic E-state index is -0.980. The molecule has 0 aromatic carbocycles. The van der Waals surface area contributed by atoms with Gasteiger partial charge in [0.25, 0.3) is 0 Å². The maximum Gasteiger partial charge on any atom is 0.360 e. The van der Waals surface area contributed by atoms with Crippen molar-refractivity contribution in [1.29, 1.82) is 0 Å². The molecule has 0 amide bonds. The summed E-state index contributed by atoms with van der Waals surface area (Å²) in [6, 6.07) is 0. The van der Waals surface area contributed by atoms with Crippen molar-refractivity contribution in [2.45, 2.75) is 45.3 Å². The lowest BCUT2D eigenvalue weighted by atomic mass is 9.97. The summed E-state index contributed by atoms with van der Waals surface area (Å²) in [6.07, 6.45) is 0.848. The van der Waals surface area contributed by atoms with Gasteiger partial charge in [0.15, 0.2) is 5.69 Å². The molecular weight excluding hydrogens is 278 g/mol. The van der Waals surface area contributed by atoms with E-state index < -0.39 is 17.5 Å². The highest BCUT2D eigenvalue weighted by atomic mass is 16.5. The maximum atomic E-state index is 11.7. The Labute approximate surface area is 123 Å². The lowest BCUT2D eigenvalue weighted by Crippen LogP contribution is -2.34. The number of aromatic nitrogens is 3. The molecule has 118 valence electrons. The molecule has 0 bridgehead atoms. The summed E-state index contributed by atoms with van der Waals surface area (Å²) in [5, 5.41) is 18.0. The molecule has 0 radical (unpaired) electrons. The zero-order valence-corrected chi connectivity index (χ0v) is 12.8. The minimum absolute atomic E-state index is 0.0440. The summed E-state index contributed by atoms with van der Waals surface area (Å²) in [5.74, 6) is -1.21. The topological polar surface area (TPSA) is 104 Å². The third-order valence-corrected chi connectivity index (χ3v) is 3.52. The Morgan fingerprint density at radius 3 is 2.33 bits per heavy atom. The Balaban J connectivity index is 3.16. The Morgan fingerprint density at radius 2 is 1.86 bits per heavy atom. The minimum Gasteiger partial charge on any atom is -0.469 e. The van der Waals surface area contributed by atoms with E-state index in [0.29, 0.717) is 12.8 Å². The maximum absolute atomic E-state index is 11.7. The number of rotatable bonds is 7. The third-order valence-electron chi connectivity index (χ3n) is 3.52. The lowest BCUT2D eigenvalue weighted by Gasteiger charge is -2.25. The van der Waals surface area contributed by atoms with Gasteiger partial charge < -0.3 is 14.6 Å². The molecule has 0 aliphatic heterocycles. The number of esters is 2. The summed E-state index contributed by atoms with van der Waals surface area (Å²) in [7, 11) is 2.47. The van der Waals surface area contributed by atoms with Gasteiger partial charge >= 0.3 is 11.9 Å². The Kier molecular flexibility index (Phi) is 5.83. The van der Waals surface area contributed by atoms with Crippen LogP contribution in [0.4, 0.5) is 0 Å². The van der Waals surface area contributed by atoms with Crippen LogP contribution in [0.1, 0.15) is 42.9 Å². The molecule has 0 aliphatic rings. The van der Waals surface area contributed by atoms with E-state index in [0.717, 1.165) is 0 Å². The van der Waals surface area contributed by atoms with Crippen LogP contribution >= 0.6 is 0 Å². The van der Waals surface area contributed by atoms with Gasteiger partial charge in [0.2, 0.25) is 0 Å². The molecule has 1 N–H and O–H groups in total. The molecular formula is C13H21N3O5. The van der Waals surface area contributed by atoms with E-state index in [1.807, 2.05) is 13.8 Å². The van der Waals surface area contributed by atoms with Gasteiger partial charge in [0.1, 0.15) is 0 Å². The molecule has 0 fully saturated rings. The summed E-state index contributed by atoms with van der Waals surface area (Å²) in [5.41, 5.74) is -0.752. The van der Waals surface area contributed by atoms with Crippen LogP contribution in [0.5, 0.6) is 0 Å². The van der Waals surface area contributed by atoms with Crippen LogP contribution in [-0.4, -0.2) is 51.9 Å². The van der Waals surface area contributed by atoms with Gasteiger partial charge in [-0.1, -0.05) is 19.1 Å². The van der Waals surface area contributed by atoms with Gasteiger partial charge in [-0.15, -0.1) is 5.10 Å². The normalized spacial score (nSPS) is 11.3. The molecule has 0 atom stereocenters. The van der Waals surface area contributed by atoms with Crippen molar-refractivity contribution in [2.24, 2.45) is 0 Å². The molecule has 0 unspecified atom stereocenters. The fraction of sp³-hybridized carbons (Fsp3) is 0.692. The Bertz CT molecular complexity index is 508. The number of carbonyl (C=O) groups is 2. The predicted molar refractivity (Wildman–Crippen MR) is 72.6 cm³/mol. The first kappa shape index (κ1) is 17.1. The first-order valence-corrected chi connectivity index (χ1v) is 6.70. The number of methoxy groups -OCH3 is 2. The molecule has 1 aromatic heterocycles. The van der Waals surface area contributed by atoms with Crippen LogP contribution < -0.4 is 0 Å². The second-order valence-electron chi connectivity index (χ2n) is 4.72. The van der Waals surface area contributed by atoms with Crippen LogP contribution in [0.25, 0.3) is 0 Å². The average Bonchev–Trinajstić information content (AvgIpc) is 2.88. The molecule has 1 aromatic rings. The van der Waals surface area contributed by atoms with E-state index in [1.54, 1.807) is 0 Å². The van der Waals surface area contributed by atoms with Gasteiger partial charge in [-0.3, -0.25) is 4.79 Å². The van der Waals surface area contributed by atoms with Crippen molar-refractivity contribution in [1.82, 2.24) is 15.0 Å². The molecule has 8 nitrogen and oxygen atoms in total. The van der Waals surface area contributed by atoms with Gasteiger partial charge in [0.05, 0.1) is 38.5 Å². The van der Waals surface area contributed by atoms with Gasteiger partial charge in [-0.2, -0.15) is 0 Å². The Morgan fingerprint density at radius 1 is 1.24 bits per heavy atom. The van der Waals surface area contributed by atoms with Crippen molar-refractivity contribution in [3.63, 3.8) is 0 Å². The molecule has 0 aliphatic carbocycles. The predicted octanol–water partition coefficient (Wildman–Crippen LogP) is 0.331. The summed E-state index contributed by atoms with van der Waals surface area (Å²) >= 11 is 0. The highest BCUT2D eigenvalue weighted by Gasteiger charge is 2.29. The molecule has 0 spiro atoms. The van der Waals surface area contributed by atoms with E-state index in [-0.39, 0.29) is 24.4 Å². The SMILES string of the molecule is CCC(O)(CC)Cn1nnc(C(=O)OC)c1CC(=O)OC. The van der Waals surface area contributed by atoms with Crippen molar-refractivity contribution in [3.8, 4) is 0 Å². The van der Waals surface area contributed by atoms with Crippen molar-refractivity contribution in [3.05, 3.63) is 11.4 Å². The van der Waals surface area contributed by atoms with Gasteiger partial charge in [-0.05, 0) is 12.8 Å². The highest BCUT2D eigenvalue weighted by molar-refractivity contribution is 5.89. The molecule has 1 heterocycles. The molecule has 1 rings (SSSR count). The van der Waals surface area contributed by atoms with Crippen molar-refractivity contribution in [2.75, 3.05) is 14.2 Å². The van der Waals surface area contributed by atoms with E-state index in [1.165, 1.54) is 18.9 Å². The van der Waals surface area contributed by atoms with Gasteiger partial charge in [0, 0.05) is 0 Å². The summed E-state index contributed by atoms with van der Waals surface area (Å²) in [6.45, 7) is 3.83. The molecule has 21 heavy (non-hydrogen) atoms. The van der Waals surface area contributed by atoms with E-state index in [4.69, 9.17) is 0 Å². The molecule has 8 heteroatoms. The third kappa shape index (κ3) is 4.01. The average molecular weight is 299 g/mol. The van der Waals surface area contributed by atoms with Gasteiger partial charge in [-0.25, -0.2) is 9.48 Å². The lowest BCUT2D eigenvalue weighted by molar-refractivity contribution is -0.140. The van der Waals surface area contributed by atoms with Crippen LogP contribution in [0.3, 0.4) is 0 Å². The number of ether oxygens (including phenoxy) is 2. The first-order chi connectivity index (χ1) is 9.90. The monoisotopic (exact) mass is 299 g/mol. The van der Waals surface area contributed by atoms with Crippen LogP contribution in [0.2, 0.25) is 0 Å². The summed E-state index contributed by atoms with van der Waals surface area (Å²) in [4.78, 5) is 23.2. The fourth-order valence-electron chi connectivity index (χ4n) is 1.85. The summed E-state index contributed by atoms with van der Waals surface area (Å²) < 4.78 is 10.6. The Hall–Kier alpha value is -1.96.